The second kappa shape index (κ2) is 10.3. The molecular weight excluding hydrogens is 322 g/mol. The molecule has 0 amide bonds. The highest BCUT2D eigenvalue weighted by Crippen LogP contribution is 2.18. The summed E-state index contributed by atoms with van der Waals surface area (Å²) in [5.74, 6) is 1.71. The average Bonchev–Trinajstić information content (AvgIpc) is 2.71. The predicted octanol–water partition coefficient (Wildman–Crippen LogP) is 4.48. The molecule has 1 N–H and O–H groups in total. The van der Waals surface area contributed by atoms with Crippen LogP contribution in [0.15, 0.2) is 84.9 Å². The van der Waals surface area contributed by atoms with Crippen molar-refractivity contribution in [3.05, 3.63) is 96.1 Å². The van der Waals surface area contributed by atoms with Crippen molar-refractivity contribution in [2.75, 3.05) is 19.7 Å². The van der Waals surface area contributed by atoms with Crippen LogP contribution in [0, 0.1) is 0 Å². The normalized spacial score (nSPS) is 10.5. The maximum atomic E-state index is 5.78. The lowest BCUT2D eigenvalue weighted by molar-refractivity contribution is 0.301. The third kappa shape index (κ3) is 6.26. The van der Waals surface area contributed by atoms with Gasteiger partial charge in [0.05, 0.1) is 0 Å². The molecule has 0 saturated heterocycles. The fraction of sp³-hybridized carbons (Fsp3) is 0.217. The van der Waals surface area contributed by atoms with E-state index in [1.54, 1.807) is 0 Å². The van der Waals surface area contributed by atoms with Crippen LogP contribution in [0.4, 0.5) is 0 Å². The first-order chi connectivity index (χ1) is 12.9. The van der Waals surface area contributed by atoms with Crippen molar-refractivity contribution in [2.24, 2.45) is 0 Å². The van der Waals surface area contributed by atoms with Crippen LogP contribution in [-0.2, 0) is 13.0 Å². The molecule has 0 bridgehead atoms. The standard InChI is InChI=1S/C23H25NO2/c1-3-7-20(8-4-1)15-16-24-17-18-25-22-11-13-23(14-12-22)26-19-21-9-5-2-6-10-21/h1-14,24H,15-19H2. The van der Waals surface area contributed by atoms with Gasteiger partial charge in [-0.1, -0.05) is 60.7 Å². The molecule has 0 aliphatic heterocycles. The number of hydrogen-bond donors (Lipinski definition) is 1. The third-order valence-corrected chi connectivity index (χ3v) is 4.05. The quantitative estimate of drug-likeness (QED) is 0.549. The third-order valence-electron chi connectivity index (χ3n) is 4.05. The first-order valence-electron chi connectivity index (χ1n) is 9.04. The van der Waals surface area contributed by atoms with E-state index >= 15 is 0 Å². The van der Waals surface area contributed by atoms with Gasteiger partial charge in [0.25, 0.3) is 0 Å². The molecular formula is C23H25NO2. The Morgan fingerprint density at radius 2 is 1.15 bits per heavy atom. The molecule has 0 saturated carbocycles. The Balaban J connectivity index is 1.30. The highest BCUT2D eigenvalue weighted by atomic mass is 16.5. The topological polar surface area (TPSA) is 30.5 Å². The Hall–Kier alpha value is -2.78. The summed E-state index contributed by atoms with van der Waals surface area (Å²) in [6, 6.07) is 28.4. The number of hydrogen-bond acceptors (Lipinski definition) is 3. The maximum Gasteiger partial charge on any atom is 0.120 e. The van der Waals surface area contributed by atoms with Gasteiger partial charge in [0.15, 0.2) is 0 Å². The number of nitrogens with one attached hydrogen (secondary N) is 1. The van der Waals surface area contributed by atoms with Gasteiger partial charge in [-0.15, -0.1) is 0 Å². The van der Waals surface area contributed by atoms with Crippen molar-refractivity contribution < 1.29 is 9.47 Å². The highest BCUT2D eigenvalue weighted by Gasteiger charge is 1.98. The Bertz CT molecular complexity index is 742. The van der Waals surface area contributed by atoms with E-state index in [1.807, 2.05) is 48.5 Å². The molecule has 0 aromatic heterocycles. The van der Waals surface area contributed by atoms with E-state index < -0.39 is 0 Å². The summed E-state index contributed by atoms with van der Waals surface area (Å²) in [5.41, 5.74) is 2.52. The molecule has 0 radical (unpaired) electrons. The van der Waals surface area contributed by atoms with Crippen molar-refractivity contribution in [2.45, 2.75) is 13.0 Å². The van der Waals surface area contributed by atoms with Gasteiger partial charge in [-0.25, -0.2) is 0 Å². The summed E-state index contributed by atoms with van der Waals surface area (Å²) in [4.78, 5) is 0. The molecule has 0 aliphatic carbocycles. The zero-order chi connectivity index (χ0) is 17.9. The van der Waals surface area contributed by atoms with Gasteiger partial charge in [-0.3, -0.25) is 0 Å². The SMILES string of the molecule is c1ccc(CCNCCOc2ccc(OCc3ccccc3)cc2)cc1. The lowest BCUT2D eigenvalue weighted by atomic mass is 10.1. The molecule has 3 nitrogen and oxygen atoms in total. The molecule has 26 heavy (non-hydrogen) atoms. The smallest absolute Gasteiger partial charge is 0.120 e. The Kier molecular flexibility index (Phi) is 7.12. The summed E-state index contributed by atoms with van der Waals surface area (Å²) < 4.78 is 11.5. The van der Waals surface area contributed by atoms with E-state index in [1.165, 1.54) is 5.56 Å². The van der Waals surface area contributed by atoms with Crippen molar-refractivity contribution in [3.63, 3.8) is 0 Å². The van der Waals surface area contributed by atoms with E-state index in [9.17, 15) is 0 Å². The predicted molar refractivity (Wildman–Crippen MR) is 106 cm³/mol. The molecule has 0 aliphatic rings. The molecule has 0 unspecified atom stereocenters. The summed E-state index contributed by atoms with van der Waals surface area (Å²) in [5, 5.41) is 3.40. The molecule has 0 heterocycles. The average molecular weight is 347 g/mol. The van der Waals surface area contributed by atoms with E-state index in [2.05, 4.69) is 41.7 Å². The maximum absolute atomic E-state index is 5.78. The second-order valence-electron chi connectivity index (χ2n) is 6.08. The summed E-state index contributed by atoms with van der Waals surface area (Å²) in [6.07, 6.45) is 1.04. The van der Waals surface area contributed by atoms with Crippen LogP contribution in [0.2, 0.25) is 0 Å². The van der Waals surface area contributed by atoms with Crippen LogP contribution in [0.1, 0.15) is 11.1 Å². The lowest BCUT2D eigenvalue weighted by Crippen LogP contribution is -2.23. The molecule has 3 rings (SSSR count). The number of ether oxygens (including phenoxy) is 2. The molecule has 3 aromatic carbocycles. The lowest BCUT2D eigenvalue weighted by Gasteiger charge is -2.09. The van der Waals surface area contributed by atoms with Gasteiger partial charge >= 0.3 is 0 Å². The molecule has 3 aromatic rings. The van der Waals surface area contributed by atoms with Crippen LogP contribution >= 0.6 is 0 Å². The Morgan fingerprint density at radius 1 is 0.577 bits per heavy atom. The molecule has 134 valence electrons. The molecule has 0 fully saturated rings. The first kappa shape index (κ1) is 18.0. The van der Waals surface area contributed by atoms with Crippen molar-refractivity contribution in [1.82, 2.24) is 5.32 Å². The minimum atomic E-state index is 0.576. The fourth-order valence-corrected chi connectivity index (χ4v) is 2.62. The van der Waals surface area contributed by atoms with Gasteiger partial charge in [-0.05, 0) is 48.4 Å². The molecule has 0 atom stereocenters. The van der Waals surface area contributed by atoms with Gasteiger partial charge in [0.1, 0.15) is 24.7 Å². The van der Waals surface area contributed by atoms with Crippen LogP contribution in [0.3, 0.4) is 0 Å². The van der Waals surface area contributed by atoms with Crippen LogP contribution in [0.5, 0.6) is 11.5 Å². The van der Waals surface area contributed by atoms with Gasteiger partial charge in [0.2, 0.25) is 0 Å². The van der Waals surface area contributed by atoms with Crippen LogP contribution < -0.4 is 14.8 Å². The zero-order valence-corrected chi connectivity index (χ0v) is 14.9. The van der Waals surface area contributed by atoms with Gasteiger partial charge < -0.3 is 14.8 Å². The van der Waals surface area contributed by atoms with E-state index in [0.29, 0.717) is 13.2 Å². The van der Waals surface area contributed by atoms with E-state index in [0.717, 1.165) is 36.6 Å². The summed E-state index contributed by atoms with van der Waals surface area (Å²) in [6.45, 7) is 3.02. The molecule has 0 spiro atoms. The minimum Gasteiger partial charge on any atom is -0.492 e. The largest absolute Gasteiger partial charge is 0.492 e. The van der Waals surface area contributed by atoms with Crippen LogP contribution in [-0.4, -0.2) is 19.7 Å². The van der Waals surface area contributed by atoms with E-state index in [-0.39, 0.29) is 0 Å². The monoisotopic (exact) mass is 347 g/mol. The Morgan fingerprint density at radius 3 is 1.81 bits per heavy atom. The van der Waals surface area contributed by atoms with Crippen molar-refractivity contribution >= 4 is 0 Å². The van der Waals surface area contributed by atoms with Gasteiger partial charge in [0, 0.05) is 6.54 Å². The van der Waals surface area contributed by atoms with E-state index in [4.69, 9.17) is 9.47 Å². The summed E-state index contributed by atoms with van der Waals surface area (Å²) >= 11 is 0. The summed E-state index contributed by atoms with van der Waals surface area (Å²) in [7, 11) is 0. The number of benzene rings is 3. The Labute approximate surface area is 155 Å². The highest BCUT2D eigenvalue weighted by molar-refractivity contribution is 5.31. The van der Waals surface area contributed by atoms with Crippen LogP contribution in [0.25, 0.3) is 0 Å². The molecule has 3 heteroatoms. The minimum absolute atomic E-state index is 0.576. The zero-order valence-electron chi connectivity index (χ0n) is 14.9. The van der Waals surface area contributed by atoms with Gasteiger partial charge in [-0.2, -0.15) is 0 Å². The fourth-order valence-electron chi connectivity index (χ4n) is 2.62. The number of rotatable bonds is 10. The van der Waals surface area contributed by atoms with Crippen molar-refractivity contribution in [3.8, 4) is 11.5 Å². The second-order valence-corrected chi connectivity index (χ2v) is 6.08. The first-order valence-corrected chi connectivity index (χ1v) is 9.04. The van der Waals surface area contributed by atoms with Crippen molar-refractivity contribution in [1.29, 1.82) is 0 Å².